The van der Waals surface area contributed by atoms with Gasteiger partial charge in [-0.25, -0.2) is 0 Å². The zero-order chi connectivity index (χ0) is 16.1. The van der Waals surface area contributed by atoms with E-state index in [4.69, 9.17) is 11.6 Å². The fraction of sp³-hybridized carbons (Fsp3) is 0.125. The average Bonchev–Trinajstić information content (AvgIpc) is 2.49. The minimum Gasteiger partial charge on any atom is -0.378 e. The molecule has 0 saturated heterocycles. The highest BCUT2D eigenvalue weighted by Gasteiger charge is 2.14. The molecular weight excluding hydrogens is 302 g/mol. The highest BCUT2D eigenvalue weighted by molar-refractivity contribution is 6.43. The number of hydrogen-bond donors (Lipinski definition) is 2. The van der Waals surface area contributed by atoms with Gasteiger partial charge in [0.15, 0.2) is 0 Å². The smallest absolute Gasteiger partial charge is 0.314 e. The molecular formula is C16H16ClN3O2. The van der Waals surface area contributed by atoms with Crippen molar-refractivity contribution in [1.29, 1.82) is 0 Å². The molecule has 6 heteroatoms. The minimum absolute atomic E-state index is 0.506. The van der Waals surface area contributed by atoms with Crippen LogP contribution in [-0.2, 0) is 9.59 Å². The van der Waals surface area contributed by atoms with Gasteiger partial charge in [-0.3, -0.25) is 9.59 Å². The third-order valence-corrected chi connectivity index (χ3v) is 3.18. The Labute approximate surface area is 133 Å². The molecule has 0 bridgehead atoms. The molecule has 0 aliphatic heterocycles. The first-order valence-corrected chi connectivity index (χ1v) is 6.99. The van der Waals surface area contributed by atoms with Crippen LogP contribution in [0.3, 0.4) is 0 Å². The highest BCUT2D eigenvalue weighted by atomic mass is 35.5. The van der Waals surface area contributed by atoms with Gasteiger partial charge in [0.05, 0.1) is 0 Å². The van der Waals surface area contributed by atoms with E-state index in [0.717, 1.165) is 5.69 Å². The molecule has 5 nitrogen and oxygen atoms in total. The third kappa shape index (κ3) is 4.23. The lowest BCUT2D eigenvalue weighted by atomic mass is 10.2. The van der Waals surface area contributed by atoms with E-state index in [9.17, 15) is 9.59 Å². The van der Waals surface area contributed by atoms with E-state index in [0.29, 0.717) is 16.4 Å². The van der Waals surface area contributed by atoms with Gasteiger partial charge in [0, 0.05) is 36.2 Å². The molecule has 114 valence electrons. The maximum Gasteiger partial charge on any atom is 0.314 e. The van der Waals surface area contributed by atoms with Crippen molar-refractivity contribution in [2.45, 2.75) is 0 Å². The Bertz CT molecular complexity index is 684. The topological polar surface area (TPSA) is 61.4 Å². The van der Waals surface area contributed by atoms with Gasteiger partial charge < -0.3 is 15.5 Å². The summed E-state index contributed by atoms with van der Waals surface area (Å²) in [5, 5.41) is 5.63. The Kier molecular flexibility index (Phi) is 5.01. The summed E-state index contributed by atoms with van der Waals surface area (Å²) in [6.07, 6.45) is 0. The molecule has 0 atom stereocenters. The van der Waals surface area contributed by atoms with Gasteiger partial charge in [-0.05, 0) is 42.5 Å². The van der Waals surface area contributed by atoms with E-state index in [-0.39, 0.29) is 0 Å². The first-order valence-electron chi connectivity index (χ1n) is 6.61. The van der Waals surface area contributed by atoms with E-state index in [1.54, 1.807) is 36.4 Å². The third-order valence-electron chi connectivity index (χ3n) is 2.93. The number of nitrogens with one attached hydrogen (secondary N) is 2. The highest BCUT2D eigenvalue weighted by Crippen LogP contribution is 2.17. The van der Waals surface area contributed by atoms with Crippen LogP contribution < -0.4 is 15.5 Å². The van der Waals surface area contributed by atoms with Crippen molar-refractivity contribution in [1.82, 2.24) is 0 Å². The SMILES string of the molecule is CN(C)c1cccc(NC(=O)C(=O)Nc2ccc(Cl)cc2)c1. The minimum atomic E-state index is -0.738. The van der Waals surface area contributed by atoms with Crippen LogP contribution in [-0.4, -0.2) is 25.9 Å². The lowest BCUT2D eigenvalue weighted by Gasteiger charge is -2.14. The van der Waals surface area contributed by atoms with Gasteiger partial charge in [0.2, 0.25) is 0 Å². The molecule has 0 saturated carbocycles. The van der Waals surface area contributed by atoms with E-state index >= 15 is 0 Å². The van der Waals surface area contributed by atoms with E-state index in [1.807, 2.05) is 31.1 Å². The van der Waals surface area contributed by atoms with Gasteiger partial charge in [-0.1, -0.05) is 17.7 Å². The summed E-state index contributed by atoms with van der Waals surface area (Å²) in [4.78, 5) is 25.7. The number of hydrogen-bond acceptors (Lipinski definition) is 3. The average molecular weight is 318 g/mol. The standard InChI is InChI=1S/C16H16ClN3O2/c1-20(2)14-5-3-4-13(10-14)19-16(22)15(21)18-12-8-6-11(17)7-9-12/h3-10H,1-2H3,(H,18,21)(H,19,22). The van der Waals surface area contributed by atoms with Crippen LogP contribution in [0.4, 0.5) is 17.1 Å². The molecule has 0 radical (unpaired) electrons. The molecule has 2 aromatic rings. The second kappa shape index (κ2) is 6.95. The summed E-state index contributed by atoms with van der Waals surface area (Å²) >= 11 is 5.76. The number of rotatable bonds is 3. The molecule has 0 aromatic heterocycles. The monoisotopic (exact) mass is 317 g/mol. The van der Waals surface area contributed by atoms with E-state index in [1.165, 1.54) is 0 Å². The lowest BCUT2D eigenvalue weighted by molar-refractivity contribution is -0.132. The number of anilines is 3. The van der Waals surface area contributed by atoms with Gasteiger partial charge in [0.25, 0.3) is 0 Å². The summed E-state index contributed by atoms with van der Waals surface area (Å²) < 4.78 is 0. The molecule has 0 aliphatic carbocycles. The van der Waals surface area contributed by atoms with Crippen molar-refractivity contribution in [2.24, 2.45) is 0 Å². The molecule has 2 rings (SSSR count). The Morgan fingerprint density at radius 2 is 1.50 bits per heavy atom. The Balaban J connectivity index is 2.00. The van der Waals surface area contributed by atoms with Crippen LogP contribution in [0.1, 0.15) is 0 Å². The Hall–Kier alpha value is -2.53. The molecule has 0 aliphatic rings. The second-order valence-electron chi connectivity index (χ2n) is 4.86. The molecule has 0 unspecified atom stereocenters. The predicted octanol–water partition coefficient (Wildman–Crippen LogP) is 2.98. The maximum atomic E-state index is 11.9. The second-order valence-corrected chi connectivity index (χ2v) is 5.30. The van der Waals surface area contributed by atoms with Crippen LogP contribution in [0.25, 0.3) is 0 Å². The van der Waals surface area contributed by atoms with E-state index < -0.39 is 11.8 Å². The fourth-order valence-electron chi connectivity index (χ4n) is 1.77. The molecule has 0 spiro atoms. The number of benzene rings is 2. The number of carbonyl (C=O) groups excluding carboxylic acids is 2. The first kappa shape index (κ1) is 15.9. The predicted molar refractivity (Wildman–Crippen MR) is 89.5 cm³/mol. The van der Waals surface area contributed by atoms with Crippen molar-refractivity contribution in [2.75, 3.05) is 29.6 Å². The maximum absolute atomic E-state index is 11.9. The van der Waals surface area contributed by atoms with Crippen LogP contribution in [0, 0.1) is 0 Å². The largest absolute Gasteiger partial charge is 0.378 e. The molecule has 2 N–H and O–H groups in total. The molecule has 0 heterocycles. The number of nitrogens with zero attached hydrogens (tertiary/aromatic N) is 1. The van der Waals surface area contributed by atoms with Crippen molar-refractivity contribution < 1.29 is 9.59 Å². The summed E-state index contributed by atoms with van der Waals surface area (Å²) in [5.74, 6) is -1.47. The van der Waals surface area contributed by atoms with Crippen LogP contribution in [0.5, 0.6) is 0 Å². The van der Waals surface area contributed by atoms with Crippen molar-refractivity contribution in [3.05, 3.63) is 53.6 Å². The summed E-state index contributed by atoms with van der Waals surface area (Å²) in [6, 6.07) is 13.7. The normalized spacial score (nSPS) is 9.95. The van der Waals surface area contributed by atoms with Gasteiger partial charge in [-0.15, -0.1) is 0 Å². The van der Waals surface area contributed by atoms with Crippen molar-refractivity contribution >= 4 is 40.5 Å². The van der Waals surface area contributed by atoms with Gasteiger partial charge in [0.1, 0.15) is 0 Å². The summed E-state index contributed by atoms with van der Waals surface area (Å²) in [5.41, 5.74) is 1.99. The molecule has 0 fully saturated rings. The summed E-state index contributed by atoms with van der Waals surface area (Å²) in [6.45, 7) is 0. The zero-order valence-electron chi connectivity index (χ0n) is 12.3. The quantitative estimate of drug-likeness (QED) is 0.856. The van der Waals surface area contributed by atoms with Crippen LogP contribution in [0.2, 0.25) is 5.02 Å². The fourth-order valence-corrected chi connectivity index (χ4v) is 1.90. The van der Waals surface area contributed by atoms with Crippen LogP contribution in [0.15, 0.2) is 48.5 Å². The first-order chi connectivity index (χ1) is 10.5. The number of carbonyl (C=O) groups is 2. The van der Waals surface area contributed by atoms with Crippen molar-refractivity contribution in [3.8, 4) is 0 Å². The molecule has 2 aromatic carbocycles. The van der Waals surface area contributed by atoms with Gasteiger partial charge >= 0.3 is 11.8 Å². The Morgan fingerprint density at radius 3 is 2.09 bits per heavy atom. The summed E-state index contributed by atoms with van der Waals surface area (Å²) in [7, 11) is 3.79. The van der Waals surface area contributed by atoms with Crippen LogP contribution >= 0.6 is 11.6 Å². The number of halogens is 1. The zero-order valence-corrected chi connectivity index (χ0v) is 13.0. The van der Waals surface area contributed by atoms with E-state index in [2.05, 4.69) is 10.6 Å². The Morgan fingerprint density at radius 1 is 0.909 bits per heavy atom. The van der Waals surface area contributed by atoms with Gasteiger partial charge in [-0.2, -0.15) is 0 Å². The molecule has 2 amide bonds. The lowest BCUT2D eigenvalue weighted by Crippen LogP contribution is -2.29. The number of amides is 2. The molecule has 22 heavy (non-hydrogen) atoms. The van der Waals surface area contributed by atoms with Crippen molar-refractivity contribution in [3.63, 3.8) is 0 Å².